The lowest BCUT2D eigenvalue weighted by Gasteiger charge is -2.11. The van der Waals surface area contributed by atoms with Crippen LogP contribution in [0.3, 0.4) is 0 Å². The highest BCUT2D eigenvalue weighted by Gasteiger charge is 2.04. The van der Waals surface area contributed by atoms with Gasteiger partial charge in [0, 0.05) is 30.3 Å². The third-order valence-electron chi connectivity index (χ3n) is 3.71. The van der Waals surface area contributed by atoms with Crippen molar-refractivity contribution in [3.8, 4) is 5.69 Å². The second-order valence-corrected chi connectivity index (χ2v) is 5.37. The van der Waals surface area contributed by atoms with E-state index >= 15 is 0 Å². The van der Waals surface area contributed by atoms with Crippen molar-refractivity contribution in [3.05, 3.63) is 84.2 Å². The number of carbonyl (C=O) groups excluding carboxylic acids is 1. The summed E-state index contributed by atoms with van der Waals surface area (Å²) in [6.07, 6.45) is 3.94. The van der Waals surface area contributed by atoms with Crippen molar-refractivity contribution in [2.45, 2.75) is 13.5 Å². The molecule has 0 spiro atoms. The van der Waals surface area contributed by atoms with E-state index in [1.165, 1.54) is 5.56 Å². The maximum atomic E-state index is 12.1. The molecule has 0 radical (unpaired) electrons. The zero-order valence-electron chi connectivity index (χ0n) is 13.0. The Morgan fingerprint density at radius 2 is 1.78 bits per heavy atom. The average molecular weight is 305 g/mol. The number of anilines is 1. The Balaban J connectivity index is 1.62. The number of urea groups is 1. The molecule has 0 bridgehead atoms. The van der Waals surface area contributed by atoms with E-state index in [0.29, 0.717) is 6.54 Å². The Morgan fingerprint density at radius 3 is 2.57 bits per heavy atom. The monoisotopic (exact) mass is 305 g/mol. The van der Waals surface area contributed by atoms with Gasteiger partial charge in [0.05, 0.1) is 0 Å². The van der Waals surface area contributed by atoms with Crippen LogP contribution < -0.4 is 10.6 Å². The van der Waals surface area contributed by atoms with Crippen molar-refractivity contribution >= 4 is 11.7 Å². The molecule has 0 aliphatic carbocycles. The van der Waals surface area contributed by atoms with Crippen LogP contribution in [-0.2, 0) is 6.54 Å². The summed E-state index contributed by atoms with van der Waals surface area (Å²) in [5.41, 5.74) is 4.05. The number of aryl methyl sites for hydroxylation is 1. The van der Waals surface area contributed by atoms with Crippen molar-refractivity contribution in [1.29, 1.82) is 0 Å². The van der Waals surface area contributed by atoms with Crippen molar-refractivity contribution in [3.63, 3.8) is 0 Å². The van der Waals surface area contributed by atoms with Gasteiger partial charge in [0.15, 0.2) is 0 Å². The van der Waals surface area contributed by atoms with E-state index in [1.807, 2.05) is 84.5 Å². The summed E-state index contributed by atoms with van der Waals surface area (Å²) in [5.74, 6) is 0. The highest BCUT2D eigenvalue weighted by Crippen LogP contribution is 2.15. The van der Waals surface area contributed by atoms with Crippen LogP contribution in [0, 0.1) is 6.92 Å². The predicted molar refractivity (Wildman–Crippen MR) is 92.8 cm³/mol. The zero-order chi connectivity index (χ0) is 16.1. The van der Waals surface area contributed by atoms with Crippen molar-refractivity contribution in [2.75, 3.05) is 5.32 Å². The molecule has 1 aromatic heterocycles. The van der Waals surface area contributed by atoms with Crippen LogP contribution in [0.25, 0.3) is 5.69 Å². The molecule has 0 atom stereocenters. The van der Waals surface area contributed by atoms with E-state index < -0.39 is 0 Å². The van der Waals surface area contributed by atoms with Gasteiger partial charge in [-0.2, -0.15) is 0 Å². The predicted octanol–water partition coefficient (Wildman–Crippen LogP) is 4.11. The van der Waals surface area contributed by atoms with Gasteiger partial charge in [-0.15, -0.1) is 0 Å². The van der Waals surface area contributed by atoms with Crippen LogP contribution in [0.5, 0.6) is 0 Å². The second-order valence-electron chi connectivity index (χ2n) is 5.37. The molecule has 0 unspecified atom stereocenters. The lowest BCUT2D eigenvalue weighted by molar-refractivity contribution is 0.251. The minimum atomic E-state index is -0.210. The molecule has 2 N–H and O–H groups in total. The minimum Gasteiger partial charge on any atom is -0.334 e. The Bertz CT molecular complexity index is 794. The fourth-order valence-corrected chi connectivity index (χ4v) is 2.41. The van der Waals surface area contributed by atoms with Crippen LogP contribution in [-0.4, -0.2) is 10.6 Å². The van der Waals surface area contributed by atoms with Crippen LogP contribution in [0.2, 0.25) is 0 Å². The molecule has 23 heavy (non-hydrogen) atoms. The summed E-state index contributed by atoms with van der Waals surface area (Å²) in [4.78, 5) is 12.1. The molecule has 0 aliphatic rings. The van der Waals surface area contributed by atoms with Gasteiger partial charge in [-0.25, -0.2) is 4.79 Å². The number of hydrogen-bond acceptors (Lipinski definition) is 1. The SMILES string of the molecule is Cc1ccccc1CNC(=O)Nc1cccc(-n2cccc2)c1. The van der Waals surface area contributed by atoms with E-state index in [0.717, 1.165) is 16.9 Å². The molecule has 3 aromatic rings. The Morgan fingerprint density at radius 1 is 1.00 bits per heavy atom. The van der Waals surface area contributed by atoms with Crippen LogP contribution in [0.15, 0.2) is 73.1 Å². The average Bonchev–Trinajstić information content (AvgIpc) is 3.09. The molecule has 1 heterocycles. The van der Waals surface area contributed by atoms with E-state index in [4.69, 9.17) is 0 Å². The normalized spacial score (nSPS) is 10.3. The molecule has 0 saturated carbocycles. The molecule has 4 nitrogen and oxygen atoms in total. The Kier molecular flexibility index (Phi) is 4.43. The van der Waals surface area contributed by atoms with Gasteiger partial charge in [0.1, 0.15) is 0 Å². The topological polar surface area (TPSA) is 46.1 Å². The first-order valence-electron chi connectivity index (χ1n) is 7.55. The van der Waals surface area contributed by atoms with Gasteiger partial charge in [-0.1, -0.05) is 30.3 Å². The third-order valence-corrected chi connectivity index (χ3v) is 3.71. The van der Waals surface area contributed by atoms with Crippen molar-refractivity contribution < 1.29 is 4.79 Å². The van der Waals surface area contributed by atoms with Crippen LogP contribution >= 0.6 is 0 Å². The molecule has 116 valence electrons. The van der Waals surface area contributed by atoms with Gasteiger partial charge in [0.2, 0.25) is 0 Å². The molecular formula is C19H19N3O. The first-order valence-corrected chi connectivity index (χ1v) is 7.55. The molecule has 3 rings (SSSR count). The third kappa shape index (κ3) is 3.80. The first kappa shape index (κ1) is 14.9. The van der Waals surface area contributed by atoms with E-state index in [-0.39, 0.29) is 6.03 Å². The van der Waals surface area contributed by atoms with E-state index in [1.54, 1.807) is 0 Å². The van der Waals surface area contributed by atoms with Crippen LogP contribution in [0.4, 0.5) is 10.5 Å². The standard InChI is InChI=1S/C19H19N3O/c1-15-7-2-3-8-16(15)14-20-19(23)21-17-9-6-10-18(13-17)22-11-4-5-12-22/h2-13H,14H2,1H3,(H2,20,21,23). The quantitative estimate of drug-likeness (QED) is 0.748. The molecule has 2 amide bonds. The maximum absolute atomic E-state index is 12.1. The Labute approximate surface area is 135 Å². The molecule has 2 aromatic carbocycles. The number of rotatable bonds is 4. The smallest absolute Gasteiger partial charge is 0.319 e. The summed E-state index contributed by atoms with van der Waals surface area (Å²) in [5, 5.41) is 5.76. The lowest BCUT2D eigenvalue weighted by Crippen LogP contribution is -2.28. The number of aromatic nitrogens is 1. The minimum absolute atomic E-state index is 0.210. The fourth-order valence-electron chi connectivity index (χ4n) is 2.41. The number of amides is 2. The zero-order valence-corrected chi connectivity index (χ0v) is 13.0. The van der Waals surface area contributed by atoms with E-state index in [2.05, 4.69) is 10.6 Å². The van der Waals surface area contributed by atoms with E-state index in [9.17, 15) is 4.79 Å². The Hall–Kier alpha value is -3.01. The molecule has 0 fully saturated rings. The molecular weight excluding hydrogens is 286 g/mol. The number of hydrogen-bond donors (Lipinski definition) is 2. The molecule has 4 heteroatoms. The van der Waals surface area contributed by atoms with Crippen LogP contribution in [0.1, 0.15) is 11.1 Å². The highest BCUT2D eigenvalue weighted by molar-refractivity contribution is 5.89. The summed E-state index contributed by atoms with van der Waals surface area (Å²) >= 11 is 0. The number of benzene rings is 2. The van der Waals surface area contributed by atoms with Gasteiger partial charge in [-0.05, 0) is 48.4 Å². The summed E-state index contributed by atoms with van der Waals surface area (Å²) in [7, 11) is 0. The van der Waals surface area contributed by atoms with Crippen molar-refractivity contribution in [2.24, 2.45) is 0 Å². The fraction of sp³-hybridized carbons (Fsp3) is 0.105. The molecule has 0 saturated heterocycles. The number of carbonyl (C=O) groups is 1. The molecule has 0 aliphatic heterocycles. The summed E-state index contributed by atoms with van der Waals surface area (Å²) in [6, 6.07) is 19.5. The van der Waals surface area contributed by atoms with Gasteiger partial charge in [0.25, 0.3) is 0 Å². The number of nitrogens with zero attached hydrogens (tertiary/aromatic N) is 1. The van der Waals surface area contributed by atoms with Crippen molar-refractivity contribution in [1.82, 2.24) is 9.88 Å². The second kappa shape index (κ2) is 6.83. The van der Waals surface area contributed by atoms with Gasteiger partial charge < -0.3 is 15.2 Å². The van der Waals surface area contributed by atoms with Gasteiger partial charge >= 0.3 is 6.03 Å². The summed E-state index contributed by atoms with van der Waals surface area (Å²) < 4.78 is 2.00. The first-order chi connectivity index (χ1) is 11.2. The largest absolute Gasteiger partial charge is 0.334 e. The summed E-state index contributed by atoms with van der Waals surface area (Å²) in [6.45, 7) is 2.55. The maximum Gasteiger partial charge on any atom is 0.319 e. The highest BCUT2D eigenvalue weighted by atomic mass is 16.2. The number of nitrogens with one attached hydrogen (secondary N) is 2. The van der Waals surface area contributed by atoms with Gasteiger partial charge in [-0.3, -0.25) is 0 Å². The lowest BCUT2D eigenvalue weighted by atomic mass is 10.1.